The van der Waals surface area contributed by atoms with Crippen LogP contribution < -0.4 is 14.5 Å². The van der Waals surface area contributed by atoms with Crippen molar-refractivity contribution in [3.8, 4) is 5.75 Å². The highest BCUT2D eigenvalue weighted by atomic mass is 35.5. The number of aliphatic hydroxyl groups is 1. The van der Waals surface area contributed by atoms with Gasteiger partial charge in [-0.25, -0.2) is 0 Å². The molecule has 0 saturated carbocycles. The van der Waals surface area contributed by atoms with Crippen LogP contribution in [0.1, 0.15) is 0 Å². The van der Waals surface area contributed by atoms with Crippen LogP contribution in [-0.2, 0) is 0 Å². The van der Waals surface area contributed by atoms with Gasteiger partial charge >= 0.3 is 0 Å². The molecule has 1 aromatic carbocycles. The lowest BCUT2D eigenvalue weighted by Crippen LogP contribution is -3.15. The van der Waals surface area contributed by atoms with E-state index in [1.165, 1.54) is 10.6 Å². The molecule has 0 aliphatic carbocycles. The number of rotatable bonds is 5. The van der Waals surface area contributed by atoms with E-state index in [0.717, 1.165) is 38.5 Å². The number of ether oxygens (including phenoxy) is 1. The SMILES string of the molecule is COc1ccc(N2CC[NH+](C[C@H](O)CCl)CC2)cc1. The summed E-state index contributed by atoms with van der Waals surface area (Å²) in [5.74, 6) is 1.21. The van der Waals surface area contributed by atoms with Crippen molar-refractivity contribution < 1.29 is 14.7 Å². The van der Waals surface area contributed by atoms with Crippen LogP contribution in [0.25, 0.3) is 0 Å². The van der Waals surface area contributed by atoms with Crippen LogP contribution in [0.2, 0.25) is 0 Å². The zero-order valence-corrected chi connectivity index (χ0v) is 12.1. The van der Waals surface area contributed by atoms with Crippen LogP contribution in [0, 0.1) is 0 Å². The van der Waals surface area contributed by atoms with Gasteiger partial charge in [-0.05, 0) is 24.3 Å². The first-order chi connectivity index (χ1) is 9.22. The van der Waals surface area contributed by atoms with Gasteiger partial charge in [0.15, 0.2) is 0 Å². The Kier molecular flexibility index (Phi) is 5.31. The maximum absolute atomic E-state index is 9.57. The Bertz CT molecular complexity index is 378. The molecule has 19 heavy (non-hydrogen) atoms. The summed E-state index contributed by atoms with van der Waals surface area (Å²) in [5, 5.41) is 9.57. The smallest absolute Gasteiger partial charge is 0.119 e. The number of halogens is 1. The standard InChI is InChI=1S/C14H21ClN2O2/c1-19-14-4-2-12(3-5-14)17-8-6-16(7-9-17)11-13(18)10-15/h2-5,13,18H,6-11H2,1H3/p+1/t13-/m1/s1. The van der Waals surface area contributed by atoms with Crippen LogP contribution >= 0.6 is 11.6 Å². The molecule has 1 aromatic rings. The van der Waals surface area contributed by atoms with Gasteiger partial charge in [-0.15, -0.1) is 11.6 Å². The predicted octanol–water partition coefficient (Wildman–Crippen LogP) is -0.000200. The molecule has 0 aromatic heterocycles. The first-order valence-corrected chi connectivity index (χ1v) is 7.23. The Hall–Kier alpha value is -0.970. The molecule has 1 fully saturated rings. The second-order valence-electron chi connectivity index (χ2n) is 4.95. The summed E-state index contributed by atoms with van der Waals surface area (Å²) in [7, 11) is 1.68. The number of hydrogen-bond donors (Lipinski definition) is 2. The number of piperazine rings is 1. The predicted molar refractivity (Wildman–Crippen MR) is 77.5 cm³/mol. The van der Waals surface area contributed by atoms with E-state index in [-0.39, 0.29) is 6.10 Å². The third-order valence-corrected chi connectivity index (χ3v) is 3.97. The fourth-order valence-corrected chi connectivity index (χ4v) is 2.58. The number of nitrogens with zero attached hydrogens (tertiary/aromatic N) is 1. The molecule has 0 radical (unpaired) electrons. The van der Waals surface area contributed by atoms with Crippen molar-refractivity contribution >= 4 is 17.3 Å². The fourth-order valence-electron chi connectivity index (χ4n) is 2.47. The van der Waals surface area contributed by atoms with Crippen LogP contribution in [0.3, 0.4) is 0 Å². The largest absolute Gasteiger partial charge is 0.497 e. The summed E-state index contributed by atoms with van der Waals surface area (Å²) in [6.45, 7) is 4.85. The Balaban J connectivity index is 1.85. The molecule has 5 heteroatoms. The van der Waals surface area contributed by atoms with Gasteiger partial charge in [0.1, 0.15) is 18.4 Å². The number of benzene rings is 1. The molecule has 1 aliphatic heterocycles. The number of alkyl halides is 1. The van der Waals surface area contributed by atoms with Crippen LogP contribution in [0.15, 0.2) is 24.3 Å². The van der Waals surface area contributed by atoms with Crippen molar-refractivity contribution in [1.29, 1.82) is 0 Å². The maximum atomic E-state index is 9.57. The van der Waals surface area contributed by atoms with Crippen molar-refractivity contribution in [2.45, 2.75) is 6.10 Å². The first-order valence-electron chi connectivity index (χ1n) is 6.69. The molecule has 0 amide bonds. The third-order valence-electron chi connectivity index (χ3n) is 3.61. The molecule has 1 atom stereocenters. The monoisotopic (exact) mass is 285 g/mol. The normalized spacial score (nSPS) is 18.4. The molecule has 0 spiro atoms. The van der Waals surface area contributed by atoms with Crippen LogP contribution in [0.5, 0.6) is 5.75 Å². The van der Waals surface area contributed by atoms with Gasteiger partial charge in [0, 0.05) is 5.69 Å². The van der Waals surface area contributed by atoms with Gasteiger partial charge in [0.25, 0.3) is 0 Å². The van der Waals surface area contributed by atoms with E-state index < -0.39 is 0 Å². The van der Waals surface area contributed by atoms with E-state index in [1.54, 1.807) is 7.11 Å². The lowest BCUT2D eigenvalue weighted by atomic mass is 10.2. The summed E-state index contributed by atoms with van der Waals surface area (Å²) >= 11 is 5.64. The quantitative estimate of drug-likeness (QED) is 0.748. The number of quaternary nitrogens is 1. The number of methoxy groups -OCH3 is 1. The minimum atomic E-state index is -0.385. The Morgan fingerprint density at radius 2 is 1.95 bits per heavy atom. The topological polar surface area (TPSA) is 37.1 Å². The minimum absolute atomic E-state index is 0.325. The second kappa shape index (κ2) is 6.98. The lowest BCUT2D eigenvalue weighted by Gasteiger charge is -2.34. The number of nitrogens with one attached hydrogen (secondary N) is 1. The van der Waals surface area contributed by atoms with E-state index in [2.05, 4.69) is 17.0 Å². The van der Waals surface area contributed by atoms with Crippen molar-refractivity contribution in [1.82, 2.24) is 0 Å². The molecule has 2 rings (SSSR count). The molecular weight excluding hydrogens is 264 g/mol. The van der Waals surface area contributed by atoms with Crippen molar-refractivity contribution in [3.05, 3.63) is 24.3 Å². The average Bonchev–Trinajstić information content (AvgIpc) is 2.48. The summed E-state index contributed by atoms with van der Waals surface area (Å²) in [6.07, 6.45) is -0.385. The Morgan fingerprint density at radius 1 is 1.32 bits per heavy atom. The van der Waals surface area contributed by atoms with E-state index in [0.29, 0.717) is 5.88 Å². The lowest BCUT2D eigenvalue weighted by molar-refractivity contribution is -0.903. The van der Waals surface area contributed by atoms with Crippen molar-refractivity contribution in [3.63, 3.8) is 0 Å². The van der Waals surface area contributed by atoms with Gasteiger partial charge in [-0.1, -0.05) is 0 Å². The molecule has 106 valence electrons. The van der Waals surface area contributed by atoms with Gasteiger partial charge in [0.05, 0.1) is 39.2 Å². The Labute approximate surface area is 119 Å². The molecule has 1 heterocycles. The van der Waals surface area contributed by atoms with Crippen LogP contribution in [-0.4, -0.2) is 56.9 Å². The molecule has 0 unspecified atom stereocenters. The van der Waals surface area contributed by atoms with Gasteiger partial charge in [-0.3, -0.25) is 0 Å². The molecular formula is C14H22ClN2O2+. The van der Waals surface area contributed by atoms with E-state index in [4.69, 9.17) is 16.3 Å². The van der Waals surface area contributed by atoms with Gasteiger partial charge in [0.2, 0.25) is 0 Å². The number of aliphatic hydroxyl groups excluding tert-OH is 1. The zero-order valence-electron chi connectivity index (χ0n) is 11.3. The third kappa shape index (κ3) is 4.00. The fraction of sp³-hybridized carbons (Fsp3) is 0.571. The maximum Gasteiger partial charge on any atom is 0.119 e. The molecule has 0 bridgehead atoms. The van der Waals surface area contributed by atoms with Gasteiger partial charge < -0.3 is 19.6 Å². The highest BCUT2D eigenvalue weighted by Crippen LogP contribution is 2.18. The van der Waals surface area contributed by atoms with Gasteiger partial charge in [-0.2, -0.15) is 0 Å². The second-order valence-corrected chi connectivity index (χ2v) is 5.26. The molecule has 1 aliphatic rings. The van der Waals surface area contributed by atoms with Crippen molar-refractivity contribution in [2.75, 3.05) is 50.6 Å². The Morgan fingerprint density at radius 3 is 2.47 bits per heavy atom. The summed E-state index contributed by atoms with van der Waals surface area (Å²) in [5.41, 5.74) is 1.23. The summed E-state index contributed by atoms with van der Waals surface area (Å²) in [4.78, 5) is 3.80. The molecule has 2 N–H and O–H groups in total. The minimum Gasteiger partial charge on any atom is -0.497 e. The van der Waals surface area contributed by atoms with E-state index in [9.17, 15) is 5.11 Å². The highest BCUT2D eigenvalue weighted by molar-refractivity contribution is 6.18. The molecule has 4 nitrogen and oxygen atoms in total. The summed E-state index contributed by atoms with van der Waals surface area (Å²) < 4.78 is 5.17. The summed E-state index contributed by atoms with van der Waals surface area (Å²) in [6, 6.07) is 8.17. The van der Waals surface area contributed by atoms with E-state index in [1.807, 2.05) is 12.1 Å². The zero-order chi connectivity index (χ0) is 13.7. The van der Waals surface area contributed by atoms with E-state index >= 15 is 0 Å². The average molecular weight is 286 g/mol. The number of anilines is 1. The number of hydrogen-bond acceptors (Lipinski definition) is 3. The van der Waals surface area contributed by atoms with Crippen LogP contribution in [0.4, 0.5) is 5.69 Å². The first kappa shape index (κ1) is 14.4. The van der Waals surface area contributed by atoms with Crippen molar-refractivity contribution in [2.24, 2.45) is 0 Å². The highest BCUT2D eigenvalue weighted by Gasteiger charge is 2.22. The molecule has 1 saturated heterocycles.